The molecular formula is C30H27ClFN3O3. The molecule has 1 N–H and O–H groups in total. The molecule has 2 aliphatic rings. The van der Waals surface area contributed by atoms with E-state index >= 15 is 4.39 Å². The van der Waals surface area contributed by atoms with Gasteiger partial charge in [0.15, 0.2) is 5.54 Å². The molecule has 2 aliphatic heterocycles. The van der Waals surface area contributed by atoms with Gasteiger partial charge in [-0.25, -0.2) is 14.2 Å². The van der Waals surface area contributed by atoms with Gasteiger partial charge in [-0.2, -0.15) is 5.10 Å². The zero-order chi connectivity index (χ0) is 27.0. The van der Waals surface area contributed by atoms with E-state index in [1.807, 2.05) is 31.2 Å². The van der Waals surface area contributed by atoms with Crippen molar-refractivity contribution in [1.29, 1.82) is 0 Å². The van der Waals surface area contributed by atoms with Crippen LogP contribution in [0.4, 0.5) is 10.1 Å². The Labute approximate surface area is 225 Å². The van der Waals surface area contributed by atoms with Gasteiger partial charge in [0.2, 0.25) is 0 Å². The number of hydrazone groups is 1. The minimum atomic E-state index is -1.50. The lowest BCUT2D eigenvalue weighted by molar-refractivity contribution is -0.139. The van der Waals surface area contributed by atoms with Crippen LogP contribution in [0.3, 0.4) is 0 Å². The number of benzene rings is 3. The molecule has 6 nitrogen and oxygen atoms in total. The van der Waals surface area contributed by atoms with Crippen molar-refractivity contribution in [2.24, 2.45) is 5.10 Å². The van der Waals surface area contributed by atoms with Crippen LogP contribution < -0.4 is 10.3 Å². The molecule has 0 radical (unpaired) electrons. The number of esters is 1. The molecule has 1 spiro atoms. The molecule has 5 rings (SSSR count). The number of anilines is 1. The average Bonchev–Trinajstić information content (AvgIpc) is 3.29. The van der Waals surface area contributed by atoms with Gasteiger partial charge < -0.3 is 10.1 Å². The van der Waals surface area contributed by atoms with Crippen molar-refractivity contribution in [2.75, 3.05) is 11.6 Å². The zero-order valence-corrected chi connectivity index (χ0v) is 22.1. The van der Waals surface area contributed by atoms with Gasteiger partial charge in [0.25, 0.3) is 5.91 Å². The van der Waals surface area contributed by atoms with Gasteiger partial charge in [-0.15, -0.1) is 0 Å². The quantitative estimate of drug-likeness (QED) is 0.417. The summed E-state index contributed by atoms with van der Waals surface area (Å²) in [5.41, 5.74) is 2.36. The van der Waals surface area contributed by atoms with E-state index in [2.05, 4.69) is 5.32 Å². The molecule has 0 aromatic heterocycles. The molecule has 0 fully saturated rings. The van der Waals surface area contributed by atoms with E-state index in [1.54, 1.807) is 61.3 Å². The Balaban J connectivity index is 1.79. The van der Waals surface area contributed by atoms with Crippen molar-refractivity contribution < 1.29 is 18.7 Å². The van der Waals surface area contributed by atoms with Gasteiger partial charge in [0, 0.05) is 17.1 Å². The normalized spacial score (nSPS) is 21.0. The van der Waals surface area contributed by atoms with Crippen LogP contribution in [-0.4, -0.2) is 29.7 Å². The third-order valence-electron chi connectivity index (χ3n) is 7.07. The van der Waals surface area contributed by atoms with Crippen molar-refractivity contribution in [3.63, 3.8) is 0 Å². The van der Waals surface area contributed by atoms with Crippen molar-refractivity contribution >= 4 is 34.9 Å². The second kappa shape index (κ2) is 10.1. The first-order chi connectivity index (χ1) is 18.3. The Hall–Kier alpha value is -3.97. The van der Waals surface area contributed by atoms with Crippen molar-refractivity contribution in [2.45, 2.75) is 38.6 Å². The molecule has 0 saturated heterocycles. The van der Waals surface area contributed by atoms with Crippen LogP contribution in [-0.2, 0) is 14.3 Å². The fourth-order valence-corrected chi connectivity index (χ4v) is 5.41. The predicted molar refractivity (Wildman–Crippen MR) is 146 cm³/mol. The molecule has 0 saturated carbocycles. The summed E-state index contributed by atoms with van der Waals surface area (Å²) >= 11 is 6.18. The van der Waals surface area contributed by atoms with Crippen LogP contribution in [0.5, 0.6) is 0 Å². The maximum absolute atomic E-state index is 15.6. The maximum Gasteiger partial charge on any atom is 0.336 e. The second-order valence-corrected chi connectivity index (χ2v) is 9.91. The van der Waals surface area contributed by atoms with Crippen molar-refractivity contribution in [1.82, 2.24) is 5.32 Å². The Morgan fingerprint density at radius 1 is 1.11 bits per heavy atom. The van der Waals surface area contributed by atoms with E-state index in [4.69, 9.17) is 21.4 Å². The Bertz CT molecular complexity index is 1470. The third-order valence-corrected chi connectivity index (χ3v) is 7.32. The zero-order valence-electron chi connectivity index (χ0n) is 21.3. The monoisotopic (exact) mass is 531 g/mol. The van der Waals surface area contributed by atoms with E-state index < -0.39 is 29.2 Å². The van der Waals surface area contributed by atoms with Crippen molar-refractivity contribution in [3.05, 3.63) is 112 Å². The predicted octanol–water partition coefficient (Wildman–Crippen LogP) is 5.89. The number of halogens is 2. The highest BCUT2D eigenvalue weighted by Gasteiger charge is 2.61. The van der Waals surface area contributed by atoms with E-state index in [1.165, 1.54) is 6.07 Å². The number of nitrogens with one attached hydrogen (secondary N) is 1. The third kappa shape index (κ3) is 4.27. The van der Waals surface area contributed by atoms with Crippen LogP contribution in [0.15, 0.2) is 89.2 Å². The Kier molecular flexibility index (Phi) is 6.80. The van der Waals surface area contributed by atoms with Gasteiger partial charge in [0.1, 0.15) is 5.82 Å². The summed E-state index contributed by atoms with van der Waals surface area (Å²) in [5, 5.41) is 9.95. The summed E-state index contributed by atoms with van der Waals surface area (Å²) in [5.74, 6) is -2.55. The minimum Gasteiger partial charge on any atom is -0.463 e. The topological polar surface area (TPSA) is 71.0 Å². The lowest BCUT2D eigenvalue weighted by Gasteiger charge is -2.46. The van der Waals surface area contributed by atoms with Gasteiger partial charge in [-0.3, -0.25) is 4.79 Å². The van der Waals surface area contributed by atoms with E-state index in [0.29, 0.717) is 22.1 Å². The first-order valence-corrected chi connectivity index (χ1v) is 12.8. The van der Waals surface area contributed by atoms with Crippen molar-refractivity contribution in [3.8, 4) is 0 Å². The lowest BCUT2D eigenvalue weighted by Crippen LogP contribution is -2.62. The van der Waals surface area contributed by atoms with Crippen LogP contribution in [0, 0.1) is 12.7 Å². The largest absolute Gasteiger partial charge is 0.463 e. The minimum absolute atomic E-state index is 0.125. The first kappa shape index (κ1) is 25.7. The number of nitrogens with zero attached hydrogens (tertiary/aromatic N) is 2. The number of rotatable bonds is 5. The highest BCUT2D eigenvalue weighted by molar-refractivity contribution is 6.30. The molecule has 194 valence electrons. The number of allylic oxidation sites excluding steroid dienone is 1. The number of amides is 1. The molecule has 8 heteroatoms. The molecule has 1 amide bonds. The summed E-state index contributed by atoms with van der Waals surface area (Å²) in [4.78, 5) is 27.6. The second-order valence-electron chi connectivity index (χ2n) is 9.47. The molecule has 3 aromatic carbocycles. The Morgan fingerprint density at radius 2 is 1.79 bits per heavy atom. The molecule has 2 atom stereocenters. The van der Waals surface area contributed by atoms with E-state index in [-0.39, 0.29) is 24.2 Å². The summed E-state index contributed by atoms with van der Waals surface area (Å²) in [6, 6.07) is 21.0. The van der Waals surface area contributed by atoms with E-state index in [9.17, 15) is 9.59 Å². The lowest BCUT2D eigenvalue weighted by atomic mass is 9.68. The SMILES string of the molecule is CCOC(=O)C1=C(C)NC(=O)[C@@]2(CC(c3ccc(C)cc3)=NN2c2ccc(Cl)cc2)[C@H]1c1ccccc1F. The average molecular weight is 532 g/mol. The molecule has 0 bridgehead atoms. The summed E-state index contributed by atoms with van der Waals surface area (Å²) in [6.45, 7) is 5.46. The molecule has 0 aliphatic carbocycles. The fourth-order valence-electron chi connectivity index (χ4n) is 5.29. The molecule has 3 aromatic rings. The molecule has 0 unspecified atom stereocenters. The number of ether oxygens (including phenoxy) is 1. The highest BCUT2D eigenvalue weighted by atomic mass is 35.5. The summed E-state index contributed by atoms with van der Waals surface area (Å²) < 4.78 is 21.0. The standard InChI is InChI=1S/C30H27ClFN3O3/c1-4-38-28(36)26-19(3)33-29(37)30(27(26)23-7-5-6-8-24(23)32)17-25(20-11-9-18(2)10-12-20)34-35(30)22-15-13-21(31)14-16-22/h5-16,27H,4,17H2,1-3H3,(H,33,37)/t27-,30+/m0/s1. The van der Waals surface area contributed by atoms with E-state index in [0.717, 1.165) is 11.1 Å². The number of hydrogen-bond acceptors (Lipinski definition) is 5. The van der Waals surface area contributed by atoms with Crippen LogP contribution >= 0.6 is 11.6 Å². The van der Waals surface area contributed by atoms with Gasteiger partial charge in [0.05, 0.1) is 29.5 Å². The van der Waals surface area contributed by atoms with Gasteiger partial charge in [-0.1, -0.05) is 59.6 Å². The number of aryl methyl sites for hydroxylation is 1. The Morgan fingerprint density at radius 3 is 2.45 bits per heavy atom. The first-order valence-electron chi connectivity index (χ1n) is 12.4. The van der Waals surface area contributed by atoms with Crippen LogP contribution in [0.2, 0.25) is 5.02 Å². The van der Waals surface area contributed by atoms with Gasteiger partial charge in [-0.05, 0) is 62.2 Å². The number of carbonyl (C=O) groups excluding carboxylic acids is 2. The summed E-state index contributed by atoms with van der Waals surface area (Å²) in [7, 11) is 0. The molecular weight excluding hydrogens is 505 g/mol. The molecule has 2 heterocycles. The highest BCUT2D eigenvalue weighted by Crippen LogP contribution is 2.51. The number of carbonyl (C=O) groups is 2. The fraction of sp³-hybridized carbons (Fsp3) is 0.233. The maximum atomic E-state index is 15.6. The van der Waals surface area contributed by atoms with Crippen LogP contribution in [0.1, 0.15) is 42.9 Å². The summed E-state index contributed by atoms with van der Waals surface area (Å²) in [6.07, 6.45) is 0.125. The number of hydrogen-bond donors (Lipinski definition) is 1. The smallest absolute Gasteiger partial charge is 0.336 e. The van der Waals surface area contributed by atoms with Gasteiger partial charge >= 0.3 is 5.97 Å². The molecule has 38 heavy (non-hydrogen) atoms. The van der Waals surface area contributed by atoms with Crippen LogP contribution in [0.25, 0.3) is 0 Å².